The maximum absolute atomic E-state index is 13.0. The van der Waals surface area contributed by atoms with Crippen LogP contribution in [0.25, 0.3) is 11.0 Å². The monoisotopic (exact) mass is 438 g/mol. The zero-order valence-electron chi connectivity index (χ0n) is 16.4. The van der Waals surface area contributed by atoms with Gasteiger partial charge in [0.2, 0.25) is 0 Å². The third-order valence-corrected chi connectivity index (χ3v) is 5.68. The summed E-state index contributed by atoms with van der Waals surface area (Å²) in [6, 6.07) is 14.8. The lowest BCUT2D eigenvalue weighted by molar-refractivity contribution is 0.0998. The molecule has 0 bridgehead atoms. The summed E-state index contributed by atoms with van der Waals surface area (Å²) >= 11 is 7.78. The Morgan fingerprint density at radius 2 is 1.90 bits per heavy atom. The van der Waals surface area contributed by atoms with Crippen LogP contribution in [0.15, 0.2) is 70.5 Å². The van der Waals surface area contributed by atoms with Crippen LogP contribution < -0.4 is 10.2 Å². The van der Waals surface area contributed by atoms with Crippen LogP contribution in [-0.4, -0.2) is 30.0 Å². The van der Waals surface area contributed by atoms with Crippen LogP contribution in [0.3, 0.4) is 0 Å². The van der Waals surface area contributed by atoms with Gasteiger partial charge in [-0.25, -0.2) is 9.97 Å². The van der Waals surface area contributed by atoms with E-state index in [4.69, 9.17) is 16.0 Å². The van der Waals surface area contributed by atoms with Gasteiger partial charge < -0.3 is 14.6 Å². The molecule has 1 amide bonds. The van der Waals surface area contributed by atoms with Gasteiger partial charge in [0.25, 0.3) is 5.91 Å². The Morgan fingerprint density at radius 3 is 2.63 bits per heavy atom. The predicted octanol–water partition coefficient (Wildman–Crippen LogP) is 5.49. The van der Waals surface area contributed by atoms with Gasteiger partial charge in [-0.05, 0) is 30.3 Å². The fraction of sp³-hybridized carbons (Fsp3) is 0.136. The topological polar surface area (TPSA) is 71.3 Å². The molecule has 0 radical (unpaired) electrons. The van der Waals surface area contributed by atoms with Crippen molar-refractivity contribution in [1.82, 2.24) is 9.97 Å². The summed E-state index contributed by atoms with van der Waals surface area (Å²) < 4.78 is 5.91. The summed E-state index contributed by atoms with van der Waals surface area (Å²) in [7, 11) is 3.82. The van der Waals surface area contributed by atoms with Crippen LogP contribution in [0.5, 0.6) is 0 Å². The van der Waals surface area contributed by atoms with Gasteiger partial charge in [-0.3, -0.25) is 4.79 Å². The Bertz CT molecular complexity index is 1190. The van der Waals surface area contributed by atoms with Crippen LogP contribution in [-0.2, 0) is 5.75 Å². The molecular formula is C22H19ClN4O2S. The molecule has 30 heavy (non-hydrogen) atoms. The second-order valence-electron chi connectivity index (χ2n) is 6.74. The maximum Gasteiger partial charge on any atom is 0.291 e. The van der Waals surface area contributed by atoms with E-state index in [1.54, 1.807) is 24.5 Å². The first kappa shape index (κ1) is 20.3. The first-order valence-corrected chi connectivity index (χ1v) is 10.6. The lowest BCUT2D eigenvalue weighted by Gasteiger charge is -2.15. The van der Waals surface area contributed by atoms with Gasteiger partial charge in [0, 0.05) is 48.9 Å². The molecule has 8 heteroatoms. The molecule has 2 aromatic carbocycles. The van der Waals surface area contributed by atoms with Crippen molar-refractivity contribution in [2.24, 2.45) is 0 Å². The van der Waals surface area contributed by atoms with E-state index in [1.807, 2.05) is 55.4 Å². The lowest BCUT2D eigenvalue weighted by Crippen LogP contribution is -2.14. The van der Waals surface area contributed by atoms with Crippen molar-refractivity contribution >= 4 is 51.6 Å². The molecule has 0 aliphatic rings. The summed E-state index contributed by atoms with van der Waals surface area (Å²) in [5.41, 5.74) is 2.93. The van der Waals surface area contributed by atoms with E-state index in [0.29, 0.717) is 27.2 Å². The number of carbonyl (C=O) groups excluding carboxylic acids is 1. The van der Waals surface area contributed by atoms with E-state index in [2.05, 4.69) is 15.3 Å². The van der Waals surface area contributed by atoms with Crippen molar-refractivity contribution in [1.29, 1.82) is 0 Å². The van der Waals surface area contributed by atoms with E-state index < -0.39 is 0 Å². The number of benzene rings is 2. The minimum Gasteiger partial charge on any atom is -0.451 e. The van der Waals surface area contributed by atoms with Crippen molar-refractivity contribution < 1.29 is 9.21 Å². The number of amides is 1. The fourth-order valence-corrected chi connectivity index (χ4v) is 4.24. The number of para-hydroxylation sites is 1. The van der Waals surface area contributed by atoms with E-state index >= 15 is 0 Å². The standard InChI is InChI=1S/C22H19ClN4O2S/c1-27(2)18-9-8-14(12-17(18)23)26-21(28)20-16(13-30-22-24-10-5-11-25-22)15-6-3-4-7-19(15)29-20/h3-12H,13H2,1-2H3,(H,26,28). The third kappa shape index (κ3) is 4.27. The summed E-state index contributed by atoms with van der Waals surface area (Å²) in [5.74, 6) is 0.446. The molecule has 6 nitrogen and oxygen atoms in total. The Morgan fingerprint density at radius 1 is 1.13 bits per heavy atom. The minimum atomic E-state index is -0.329. The zero-order chi connectivity index (χ0) is 21.1. The van der Waals surface area contributed by atoms with E-state index in [1.165, 1.54) is 11.8 Å². The Balaban J connectivity index is 1.62. The first-order valence-electron chi connectivity index (χ1n) is 9.21. The molecule has 0 fully saturated rings. The highest BCUT2D eigenvalue weighted by Gasteiger charge is 2.21. The van der Waals surface area contributed by atoms with Crippen LogP contribution in [0.1, 0.15) is 16.1 Å². The number of anilines is 2. The molecule has 0 aliphatic heterocycles. The van der Waals surface area contributed by atoms with Crippen molar-refractivity contribution in [3.8, 4) is 0 Å². The molecule has 0 saturated carbocycles. The highest BCUT2D eigenvalue weighted by Crippen LogP contribution is 2.32. The van der Waals surface area contributed by atoms with Crippen LogP contribution >= 0.6 is 23.4 Å². The number of halogens is 1. The van der Waals surface area contributed by atoms with Crippen LogP contribution in [0, 0.1) is 0 Å². The normalized spacial score (nSPS) is 10.9. The number of nitrogens with zero attached hydrogens (tertiary/aromatic N) is 3. The molecule has 0 unspecified atom stereocenters. The first-order chi connectivity index (χ1) is 14.5. The molecule has 0 aliphatic carbocycles. The molecule has 152 valence electrons. The molecule has 2 heterocycles. The smallest absolute Gasteiger partial charge is 0.291 e. The summed E-state index contributed by atoms with van der Waals surface area (Å²) in [6.07, 6.45) is 3.38. The van der Waals surface area contributed by atoms with Crippen molar-refractivity contribution in [3.63, 3.8) is 0 Å². The van der Waals surface area contributed by atoms with Gasteiger partial charge >= 0.3 is 0 Å². The van der Waals surface area contributed by atoms with Crippen molar-refractivity contribution in [2.75, 3.05) is 24.3 Å². The van der Waals surface area contributed by atoms with E-state index in [0.717, 1.165) is 16.6 Å². The molecule has 1 N–H and O–H groups in total. The van der Waals surface area contributed by atoms with Crippen LogP contribution in [0.4, 0.5) is 11.4 Å². The van der Waals surface area contributed by atoms with Gasteiger partial charge in [-0.2, -0.15) is 0 Å². The minimum absolute atomic E-state index is 0.271. The van der Waals surface area contributed by atoms with Gasteiger partial charge in [0.15, 0.2) is 10.9 Å². The number of hydrogen-bond acceptors (Lipinski definition) is 6. The van der Waals surface area contributed by atoms with Gasteiger partial charge in [0.1, 0.15) is 5.58 Å². The number of aromatic nitrogens is 2. The summed E-state index contributed by atoms with van der Waals surface area (Å²) in [6.45, 7) is 0. The highest BCUT2D eigenvalue weighted by atomic mass is 35.5. The molecular weight excluding hydrogens is 420 g/mol. The lowest BCUT2D eigenvalue weighted by atomic mass is 10.1. The summed E-state index contributed by atoms with van der Waals surface area (Å²) in [5, 5.41) is 4.98. The quantitative estimate of drug-likeness (QED) is 0.317. The van der Waals surface area contributed by atoms with Crippen LogP contribution in [0.2, 0.25) is 5.02 Å². The molecule has 4 aromatic rings. The SMILES string of the molecule is CN(C)c1ccc(NC(=O)c2oc3ccccc3c2CSc2ncccn2)cc1Cl. The van der Waals surface area contributed by atoms with Gasteiger partial charge in [-0.1, -0.05) is 41.6 Å². The number of carbonyl (C=O) groups is 1. The number of furan rings is 1. The Hall–Kier alpha value is -3.03. The average Bonchev–Trinajstić information content (AvgIpc) is 3.11. The van der Waals surface area contributed by atoms with Gasteiger partial charge in [0.05, 0.1) is 10.7 Å². The van der Waals surface area contributed by atoms with Crippen molar-refractivity contribution in [2.45, 2.75) is 10.9 Å². The highest BCUT2D eigenvalue weighted by molar-refractivity contribution is 7.98. The number of rotatable bonds is 6. The largest absolute Gasteiger partial charge is 0.451 e. The maximum atomic E-state index is 13.0. The fourth-order valence-electron chi connectivity index (χ4n) is 3.06. The molecule has 2 aromatic heterocycles. The Labute approximate surface area is 183 Å². The number of nitrogens with one attached hydrogen (secondary N) is 1. The van der Waals surface area contributed by atoms with Crippen molar-refractivity contribution in [3.05, 3.63) is 77.3 Å². The molecule has 0 spiro atoms. The van der Waals surface area contributed by atoms with Gasteiger partial charge in [-0.15, -0.1) is 0 Å². The number of fused-ring (bicyclic) bond motifs is 1. The predicted molar refractivity (Wildman–Crippen MR) is 122 cm³/mol. The van der Waals surface area contributed by atoms with E-state index in [-0.39, 0.29) is 11.7 Å². The second kappa shape index (κ2) is 8.77. The summed E-state index contributed by atoms with van der Waals surface area (Å²) in [4.78, 5) is 23.4. The molecule has 4 rings (SSSR count). The van der Waals surface area contributed by atoms with E-state index in [9.17, 15) is 4.79 Å². The Kier molecular flexibility index (Phi) is 5.92. The second-order valence-corrected chi connectivity index (χ2v) is 8.09. The number of thioether (sulfide) groups is 1. The number of hydrogen-bond donors (Lipinski definition) is 1. The zero-order valence-corrected chi connectivity index (χ0v) is 18.0. The molecule has 0 atom stereocenters. The molecule has 0 saturated heterocycles. The third-order valence-electron chi connectivity index (χ3n) is 4.48. The average molecular weight is 439 g/mol.